The molecule has 2 aromatic rings. The van der Waals surface area contributed by atoms with Crippen molar-refractivity contribution in [3.63, 3.8) is 0 Å². The molecular formula is C17H20N2O2S. The second-order valence-corrected chi connectivity index (χ2v) is 4.06. The Bertz CT molecular complexity index is 691. The van der Waals surface area contributed by atoms with E-state index in [1.165, 1.54) is 6.07 Å². The minimum atomic E-state index is -1.04. The van der Waals surface area contributed by atoms with E-state index >= 15 is 0 Å². The monoisotopic (exact) mass is 316 g/mol. The molecule has 0 radical (unpaired) electrons. The van der Waals surface area contributed by atoms with Gasteiger partial charge in [0.1, 0.15) is 5.69 Å². The maximum Gasteiger partial charge on any atom is 0.354 e. The minimum Gasteiger partial charge on any atom is -0.477 e. The zero-order chi connectivity index (χ0) is 17.1. The summed E-state index contributed by atoms with van der Waals surface area (Å²) in [7, 11) is 0. The average Bonchev–Trinajstić information content (AvgIpc) is 2.55. The van der Waals surface area contributed by atoms with Crippen LogP contribution in [0.3, 0.4) is 0 Å². The van der Waals surface area contributed by atoms with Gasteiger partial charge in [0.25, 0.3) is 0 Å². The quantitative estimate of drug-likeness (QED) is 0.447. The second-order valence-electron chi connectivity index (χ2n) is 4.06. The minimum absolute atomic E-state index is 0.0206. The first kappa shape index (κ1) is 19.7. The van der Waals surface area contributed by atoms with E-state index in [0.29, 0.717) is 11.2 Å². The number of carbonyl (C=O) groups is 1. The van der Waals surface area contributed by atoms with Crippen molar-refractivity contribution in [2.24, 2.45) is 0 Å². The third-order valence-corrected chi connectivity index (χ3v) is 2.56. The summed E-state index contributed by atoms with van der Waals surface area (Å²) in [6, 6.07) is 8.49. The number of carboxylic acid groups (broad SMARTS) is 1. The number of thiol groups is 1. The van der Waals surface area contributed by atoms with Gasteiger partial charge in [-0.25, -0.2) is 9.78 Å². The Balaban J connectivity index is 0.000000640. The first-order valence-corrected chi connectivity index (χ1v) is 7.47. The molecule has 0 saturated carbocycles. The molecule has 0 aliphatic heterocycles. The van der Waals surface area contributed by atoms with E-state index in [9.17, 15) is 4.79 Å². The summed E-state index contributed by atoms with van der Waals surface area (Å²) < 4.78 is 0. The molecule has 0 amide bonds. The van der Waals surface area contributed by atoms with Crippen molar-refractivity contribution in [3.05, 3.63) is 41.6 Å². The number of hydrogen-bond donors (Lipinski definition) is 3. The van der Waals surface area contributed by atoms with Crippen molar-refractivity contribution in [1.82, 2.24) is 4.98 Å². The largest absolute Gasteiger partial charge is 0.477 e. The lowest BCUT2D eigenvalue weighted by Crippen LogP contribution is -2.01. The summed E-state index contributed by atoms with van der Waals surface area (Å²) in [5, 5.41) is 17.2. The van der Waals surface area contributed by atoms with Crippen LogP contribution in [0.2, 0.25) is 0 Å². The van der Waals surface area contributed by atoms with Crippen molar-refractivity contribution in [1.29, 1.82) is 5.41 Å². The number of fused-ring (bicyclic) bond motifs is 1. The first-order valence-electron chi connectivity index (χ1n) is 6.58. The van der Waals surface area contributed by atoms with Gasteiger partial charge < -0.3 is 10.5 Å². The van der Waals surface area contributed by atoms with Gasteiger partial charge >= 0.3 is 5.97 Å². The smallest absolute Gasteiger partial charge is 0.354 e. The molecule has 5 heteroatoms. The number of carboxylic acids is 1. The molecule has 0 bridgehead atoms. The van der Waals surface area contributed by atoms with E-state index in [1.54, 1.807) is 31.4 Å². The van der Waals surface area contributed by atoms with Gasteiger partial charge in [0.15, 0.2) is 0 Å². The van der Waals surface area contributed by atoms with E-state index in [-0.39, 0.29) is 5.69 Å². The molecule has 0 fully saturated rings. The summed E-state index contributed by atoms with van der Waals surface area (Å²) >= 11 is 3.53. The van der Waals surface area contributed by atoms with Crippen molar-refractivity contribution >= 4 is 35.2 Å². The Morgan fingerprint density at radius 2 is 1.95 bits per heavy atom. The molecule has 4 nitrogen and oxygen atoms in total. The molecule has 1 aromatic heterocycles. The average molecular weight is 316 g/mol. The molecule has 0 atom stereocenters. The topological polar surface area (TPSA) is 74.0 Å². The van der Waals surface area contributed by atoms with Gasteiger partial charge in [-0.2, -0.15) is 12.6 Å². The molecular weight excluding hydrogens is 296 g/mol. The molecule has 0 aliphatic carbocycles. The molecule has 22 heavy (non-hydrogen) atoms. The Morgan fingerprint density at radius 3 is 2.41 bits per heavy atom. The molecule has 1 heterocycles. The van der Waals surface area contributed by atoms with Gasteiger partial charge in [0.05, 0.1) is 5.52 Å². The van der Waals surface area contributed by atoms with Crippen molar-refractivity contribution < 1.29 is 9.90 Å². The molecule has 1 aromatic carbocycles. The molecule has 116 valence electrons. The van der Waals surface area contributed by atoms with Crippen LogP contribution in [0.15, 0.2) is 30.3 Å². The summed E-state index contributed by atoms with van der Waals surface area (Å²) in [6.07, 6.45) is 7.32. The van der Waals surface area contributed by atoms with E-state index in [2.05, 4.69) is 23.5 Å². The highest BCUT2D eigenvalue weighted by Gasteiger charge is 2.08. The maximum atomic E-state index is 10.8. The van der Waals surface area contributed by atoms with E-state index in [1.807, 2.05) is 13.0 Å². The lowest BCUT2D eigenvalue weighted by Gasteiger charge is -2.04. The van der Waals surface area contributed by atoms with Crippen molar-refractivity contribution in [2.45, 2.75) is 20.3 Å². The zero-order valence-electron chi connectivity index (χ0n) is 12.9. The fourth-order valence-corrected chi connectivity index (χ4v) is 1.60. The summed E-state index contributed by atoms with van der Waals surface area (Å²) in [4.78, 5) is 14.8. The van der Waals surface area contributed by atoms with Crippen LogP contribution in [0, 0.1) is 17.8 Å². The predicted octanol–water partition coefficient (Wildman–Crippen LogP) is 3.90. The number of benzene rings is 1. The molecule has 2 rings (SSSR count). The van der Waals surface area contributed by atoms with Gasteiger partial charge in [-0.05, 0) is 31.4 Å². The van der Waals surface area contributed by atoms with E-state index < -0.39 is 5.97 Å². The second kappa shape index (κ2) is 10.4. The summed E-state index contributed by atoms with van der Waals surface area (Å²) in [5.41, 5.74) is 1.84. The van der Waals surface area contributed by atoms with Gasteiger partial charge in [0, 0.05) is 23.1 Å². The van der Waals surface area contributed by atoms with Gasteiger partial charge in [-0.1, -0.05) is 19.1 Å². The normalized spacial score (nSPS) is 8.68. The maximum absolute atomic E-state index is 10.8. The Kier molecular flexibility index (Phi) is 9.31. The third kappa shape index (κ3) is 5.58. The van der Waals surface area contributed by atoms with Crippen molar-refractivity contribution in [2.75, 3.05) is 6.26 Å². The summed E-state index contributed by atoms with van der Waals surface area (Å²) in [5.74, 6) is 1.39. The Morgan fingerprint density at radius 1 is 1.36 bits per heavy atom. The molecule has 0 aliphatic rings. The number of hydrogen-bond acceptors (Lipinski definition) is 4. The molecule has 0 unspecified atom stereocenters. The van der Waals surface area contributed by atoms with Crippen LogP contribution in [-0.4, -0.2) is 28.0 Å². The van der Waals surface area contributed by atoms with Crippen LogP contribution >= 0.6 is 12.6 Å². The highest BCUT2D eigenvalue weighted by molar-refractivity contribution is 7.79. The fourth-order valence-electron chi connectivity index (χ4n) is 1.60. The summed E-state index contributed by atoms with van der Waals surface area (Å²) in [6.45, 7) is 3.64. The van der Waals surface area contributed by atoms with Crippen molar-refractivity contribution in [3.8, 4) is 12.3 Å². The highest BCUT2D eigenvalue weighted by Crippen LogP contribution is 2.18. The number of nitrogens with one attached hydrogen (secondary N) is 1. The van der Waals surface area contributed by atoms with Crippen LogP contribution in [0.25, 0.3) is 10.9 Å². The van der Waals surface area contributed by atoms with Crippen LogP contribution < -0.4 is 0 Å². The number of rotatable bonds is 2. The number of aromatic carboxylic acids is 1. The number of pyridine rings is 1. The molecule has 2 N–H and O–H groups in total. The standard InChI is InChI=1S/C12H10N2O2.C4H6.CH4S/c1-7(13)8-3-2-4-10-9(8)5-6-11(14-10)12(15)16;1-3-4-2;1-2/h2-6,13H,1H3,(H,15,16);1H,4H2,2H3;2H,1H3. The lowest BCUT2D eigenvalue weighted by molar-refractivity contribution is 0.0691. The number of nitrogens with zero attached hydrogens (tertiary/aromatic N) is 1. The van der Waals surface area contributed by atoms with Crippen LogP contribution in [0.1, 0.15) is 36.3 Å². The van der Waals surface area contributed by atoms with Crippen LogP contribution in [-0.2, 0) is 0 Å². The first-order chi connectivity index (χ1) is 10.5. The van der Waals surface area contributed by atoms with Gasteiger partial charge in [0.2, 0.25) is 0 Å². The lowest BCUT2D eigenvalue weighted by atomic mass is 10.0. The Labute approximate surface area is 136 Å². The fraction of sp³-hybridized carbons (Fsp3) is 0.235. The molecule has 0 spiro atoms. The van der Waals surface area contributed by atoms with Gasteiger partial charge in [-0.3, -0.25) is 0 Å². The van der Waals surface area contributed by atoms with Crippen LogP contribution in [0.5, 0.6) is 0 Å². The van der Waals surface area contributed by atoms with E-state index in [4.69, 9.17) is 16.9 Å². The zero-order valence-corrected chi connectivity index (χ0v) is 13.8. The van der Waals surface area contributed by atoms with Gasteiger partial charge in [-0.15, -0.1) is 12.3 Å². The predicted molar refractivity (Wildman–Crippen MR) is 95.2 cm³/mol. The molecule has 0 saturated heterocycles. The Hall–Kier alpha value is -2.32. The van der Waals surface area contributed by atoms with Crippen LogP contribution in [0.4, 0.5) is 0 Å². The number of terminal acetylenes is 1. The number of aromatic nitrogens is 1. The SMILES string of the molecule is C#CCC.CC(=N)c1cccc2nc(C(=O)O)ccc12.CS. The highest BCUT2D eigenvalue weighted by atomic mass is 32.1. The van der Waals surface area contributed by atoms with E-state index in [0.717, 1.165) is 17.4 Å². The third-order valence-electron chi connectivity index (χ3n) is 2.56.